The Labute approximate surface area is 187 Å². The van der Waals surface area contributed by atoms with E-state index in [0.29, 0.717) is 19.8 Å². The number of para-hydroxylation sites is 1. The molecule has 1 N–H and O–H groups in total. The maximum Gasteiger partial charge on any atom is 0.244 e. The van der Waals surface area contributed by atoms with Crippen LogP contribution in [0.3, 0.4) is 0 Å². The fourth-order valence-electron chi connectivity index (χ4n) is 4.34. The predicted molar refractivity (Wildman–Crippen MR) is 123 cm³/mol. The fraction of sp³-hybridized carbons (Fsp3) is 0.308. The minimum absolute atomic E-state index is 0.182. The Bertz CT molecular complexity index is 1120. The van der Waals surface area contributed by atoms with Gasteiger partial charge >= 0.3 is 0 Å². The summed E-state index contributed by atoms with van der Waals surface area (Å²) in [6.45, 7) is 5.55. The minimum atomic E-state index is -0.326. The molecule has 1 saturated heterocycles. The Hall–Kier alpha value is -3.25. The summed E-state index contributed by atoms with van der Waals surface area (Å²) in [6, 6.07) is 16.6. The van der Waals surface area contributed by atoms with Crippen LogP contribution in [0.4, 0.5) is 4.39 Å². The molecule has 0 saturated carbocycles. The number of nitrogens with one attached hydrogen (secondary N) is 1. The zero-order valence-corrected chi connectivity index (χ0v) is 18.5. The van der Waals surface area contributed by atoms with E-state index in [9.17, 15) is 9.18 Å². The highest BCUT2D eigenvalue weighted by atomic mass is 19.1. The molecule has 1 fully saturated rings. The van der Waals surface area contributed by atoms with E-state index in [1.165, 1.54) is 6.07 Å². The van der Waals surface area contributed by atoms with E-state index in [4.69, 9.17) is 4.74 Å². The summed E-state index contributed by atoms with van der Waals surface area (Å²) in [5, 5.41) is 7.65. The summed E-state index contributed by atoms with van der Waals surface area (Å²) < 4.78 is 21.3. The standard InChI is InChI=1S/C26H28FN3O2/c1-19-24(20(2)30(29-19)23-9-4-3-5-10-23)11-12-25(31)28-18-26(13-15-32-16-14-26)21-7-6-8-22(27)17-21/h3-12,17H,13-16,18H2,1-2H3,(H,28,31). The Morgan fingerprint density at radius 1 is 1.16 bits per heavy atom. The molecule has 5 nitrogen and oxygen atoms in total. The van der Waals surface area contributed by atoms with Gasteiger partial charge in [0.15, 0.2) is 0 Å². The first-order valence-corrected chi connectivity index (χ1v) is 10.9. The molecule has 1 aliphatic heterocycles. The van der Waals surface area contributed by atoms with Gasteiger partial charge in [0.2, 0.25) is 5.91 Å². The van der Waals surface area contributed by atoms with E-state index in [-0.39, 0.29) is 17.1 Å². The molecule has 0 atom stereocenters. The lowest BCUT2D eigenvalue weighted by molar-refractivity contribution is -0.116. The highest BCUT2D eigenvalue weighted by Gasteiger charge is 2.35. The average molecular weight is 434 g/mol. The number of rotatable bonds is 6. The predicted octanol–water partition coefficient (Wildman–Crippen LogP) is 4.51. The number of amides is 1. The van der Waals surface area contributed by atoms with Crippen LogP contribution in [0.5, 0.6) is 0 Å². The Balaban J connectivity index is 1.48. The molecule has 0 bridgehead atoms. The smallest absolute Gasteiger partial charge is 0.244 e. The lowest BCUT2D eigenvalue weighted by atomic mass is 9.74. The van der Waals surface area contributed by atoms with E-state index >= 15 is 0 Å². The van der Waals surface area contributed by atoms with Gasteiger partial charge in [-0.15, -0.1) is 0 Å². The number of carbonyl (C=O) groups is 1. The van der Waals surface area contributed by atoms with Gasteiger partial charge in [0.25, 0.3) is 0 Å². The Morgan fingerprint density at radius 3 is 2.62 bits per heavy atom. The Morgan fingerprint density at radius 2 is 1.91 bits per heavy atom. The van der Waals surface area contributed by atoms with Crippen LogP contribution >= 0.6 is 0 Å². The lowest BCUT2D eigenvalue weighted by Gasteiger charge is -2.37. The van der Waals surface area contributed by atoms with Gasteiger partial charge < -0.3 is 10.1 Å². The van der Waals surface area contributed by atoms with Crippen molar-refractivity contribution in [2.24, 2.45) is 0 Å². The SMILES string of the molecule is Cc1nn(-c2ccccc2)c(C)c1C=CC(=O)NCC1(c2cccc(F)c2)CCOCC1. The quantitative estimate of drug-likeness (QED) is 0.582. The minimum Gasteiger partial charge on any atom is -0.381 e. The Kier molecular flexibility index (Phi) is 6.51. The molecular weight excluding hydrogens is 405 g/mol. The molecule has 0 radical (unpaired) electrons. The van der Waals surface area contributed by atoms with E-state index in [1.807, 2.05) is 61.0 Å². The molecule has 1 aromatic heterocycles. The van der Waals surface area contributed by atoms with E-state index < -0.39 is 0 Å². The summed E-state index contributed by atoms with van der Waals surface area (Å²) in [5.74, 6) is -0.445. The van der Waals surface area contributed by atoms with Crippen molar-refractivity contribution in [1.82, 2.24) is 15.1 Å². The van der Waals surface area contributed by atoms with Gasteiger partial charge in [-0.25, -0.2) is 9.07 Å². The van der Waals surface area contributed by atoms with Gasteiger partial charge in [-0.2, -0.15) is 5.10 Å². The van der Waals surface area contributed by atoms with Gasteiger partial charge in [0.1, 0.15) is 5.82 Å². The van der Waals surface area contributed by atoms with E-state index in [1.54, 1.807) is 18.2 Å². The van der Waals surface area contributed by atoms with Gasteiger partial charge in [-0.3, -0.25) is 4.79 Å². The first-order chi connectivity index (χ1) is 15.5. The van der Waals surface area contributed by atoms with E-state index in [2.05, 4.69) is 10.4 Å². The number of aromatic nitrogens is 2. The fourth-order valence-corrected chi connectivity index (χ4v) is 4.34. The molecule has 32 heavy (non-hydrogen) atoms. The molecule has 1 aliphatic rings. The lowest BCUT2D eigenvalue weighted by Crippen LogP contribution is -2.44. The molecule has 166 valence electrons. The first kappa shape index (κ1) is 22.0. The van der Waals surface area contributed by atoms with E-state index in [0.717, 1.165) is 41.0 Å². The molecule has 0 aliphatic carbocycles. The zero-order chi connectivity index (χ0) is 22.6. The molecule has 2 heterocycles. The van der Waals surface area contributed by atoms with Crippen LogP contribution in [0.1, 0.15) is 35.4 Å². The zero-order valence-electron chi connectivity index (χ0n) is 18.5. The van der Waals surface area contributed by atoms with Gasteiger partial charge in [0.05, 0.1) is 11.4 Å². The summed E-state index contributed by atoms with van der Waals surface area (Å²) in [7, 11) is 0. The van der Waals surface area contributed by atoms with Crippen LogP contribution in [-0.2, 0) is 14.9 Å². The normalized spacial score (nSPS) is 15.7. The van der Waals surface area contributed by atoms with Crippen molar-refractivity contribution < 1.29 is 13.9 Å². The second-order valence-electron chi connectivity index (χ2n) is 8.29. The third kappa shape index (κ3) is 4.65. The van der Waals surface area contributed by atoms with Crippen molar-refractivity contribution in [3.05, 3.63) is 89.0 Å². The van der Waals surface area contributed by atoms with Crippen LogP contribution in [-0.4, -0.2) is 35.4 Å². The third-order valence-electron chi connectivity index (χ3n) is 6.24. The first-order valence-electron chi connectivity index (χ1n) is 10.9. The number of hydrogen-bond acceptors (Lipinski definition) is 3. The van der Waals surface area contributed by atoms with Crippen LogP contribution in [0, 0.1) is 19.7 Å². The maximum absolute atomic E-state index is 13.9. The number of halogens is 1. The van der Waals surface area contributed by atoms with Crippen molar-refractivity contribution in [3.8, 4) is 5.69 Å². The second-order valence-corrected chi connectivity index (χ2v) is 8.29. The number of hydrogen-bond donors (Lipinski definition) is 1. The molecule has 4 rings (SSSR count). The summed E-state index contributed by atoms with van der Waals surface area (Å²) in [4.78, 5) is 12.7. The van der Waals surface area contributed by atoms with Crippen LogP contribution in [0.2, 0.25) is 0 Å². The van der Waals surface area contributed by atoms with Gasteiger partial charge in [-0.1, -0.05) is 30.3 Å². The molecule has 3 aromatic rings. The summed E-state index contributed by atoms with van der Waals surface area (Å²) in [5.41, 5.74) is 4.31. The summed E-state index contributed by atoms with van der Waals surface area (Å²) >= 11 is 0. The maximum atomic E-state index is 13.9. The van der Waals surface area contributed by atoms with Crippen molar-refractivity contribution in [2.75, 3.05) is 19.8 Å². The molecular formula is C26H28FN3O2. The molecule has 1 amide bonds. The molecule has 6 heteroatoms. The monoisotopic (exact) mass is 433 g/mol. The summed E-state index contributed by atoms with van der Waals surface area (Å²) in [6.07, 6.45) is 4.83. The molecule has 0 spiro atoms. The molecule has 0 unspecified atom stereocenters. The van der Waals surface area contributed by atoms with Gasteiger partial charge in [0, 0.05) is 42.5 Å². The number of benzene rings is 2. The van der Waals surface area contributed by atoms with Gasteiger partial charge in [-0.05, 0) is 62.6 Å². The van der Waals surface area contributed by atoms with Crippen LogP contribution < -0.4 is 5.32 Å². The van der Waals surface area contributed by atoms with Crippen molar-refractivity contribution in [2.45, 2.75) is 32.1 Å². The van der Waals surface area contributed by atoms with Crippen LogP contribution in [0.15, 0.2) is 60.7 Å². The molecule has 2 aromatic carbocycles. The van der Waals surface area contributed by atoms with Crippen molar-refractivity contribution in [3.63, 3.8) is 0 Å². The van der Waals surface area contributed by atoms with Crippen molar-refractivity contribution >= 4 is 12.0 Å². The number of nitrogens with zero attached hydrogens (tertiary/aromatic N) is 2. The topological polar surface area (TPSA) is 56.2 Å². The highest BCUT2D eigenvalue weighted by Crippen LogP contribution is 2.34. The van der Waals surface area contributed by atoms with Crippen LogP contribution in [0.25, 0.3) is 11.8 Å². The third-order valence-corrected chi connectivity index (χ3v) is 6.24. The number of aryl methyl sites for hydroxylation is 1. The largest absolute Gasteiger partial charge is 0.381 e. The highest BCUT2D eigenvalue weighted by molar-refractivity contribution is 5.92. The van der Waals surface area contributed by atoms with Crippen molar-refractivity contribution in [1.29, 1.82) is 0 Å². The average Bonchev–Trinajstić information content (AvgIpc) is 3.10. The number of carbonyl (C=O) groups excluding carboxylic acids is 1. The number of ether oxygens (including phenoxy) is 1. The second kappa shape index (κ2) is 9.49.